The molecule has 5 heteroatoms. The summed E-state index contributed by atoms with van der Waals surface area (Å²) < 4.78 is 5.38. The molecule has 3 rings (SSSR count). The molecule has 3 aromatic rings. The van der Waals surface area contributed by atoms with Crippen LogP contribution in [-0.4, -0.2) is 21.7 Å². The summed E-state index contributed by atoms with van der Waals surface area (Å²) in [6, 6.07) is 9.95. The first-order valence-electron chi connectivity index (χ1n) is 6.68. The molecule has 0 saturated carbocycles. The highest BCUT2D eigenvalue weighted by Gasteiger charge is 2.13. The van der Waals surface area contributed by atoms with Gasteiger partial charge < -0.3 is 9.84 Å². The molecule has 1 aromatic carbocycles. The van der Waals surface area contributed by atoms with Gasteiger partial charge in [-0.25, -0.2) is 0 Å². The quantitative estimate of drug-likeness (QED) is 0.788. The molecule has 0 aliphatic carbocycles. The van der Waals surface area contributed by atoms with E-state index in [1.807, 2.05) is 44.2 Å². The zero-order valence-electron chi connectivity index (χ0n) is 11.6. The van der Waals surface area contributed by atoms with Gasteiger partial charge in [-0.2, -0.15) is 4.98 Å². The lowest BCUT2D eigenvalue weighted by atomic mass is 10.1. The van der Waals surface area contributed by atoms with E-state index in [9.17, 15) is 0 Å². The highest BCUT2D eigenvalue weighted by atomic mass is 16.5. The van der Waals surface area contributed by atoms with Crippen LogP contribution in [0.4, 0.5) is 0 Å². The zero-order chi connectivity index (χ0) is 13.9. The summed E-state index contributed by atoms with van der Waals surface area (Å²) in [5.41, 5.74) is 2.81. The number of aromatic nitrogens is 3. The van der Waals surface area contributed by atoms with Crippen LogP contribution in [0.15, 0.2) is 34.9 Å². The third-order valence-corrected chi connectivity index (χ3v) is 3.08. The number of para-hydroxylation sites is 1. The Balaban J connectivity index is 2.07. The Morgan fingerprint density at radius 3 is 2.90 bits per heavy atom. The number of fused-ring (bicyclic) bond motifs is 1. The molecular weight excluding hydrogens is 252 g/mol. The van der Waals surface area contributed by atoms with Crippen LogP contribution >= 0.6 is 0 Å². The molecule has 0 bridgehead atoms. The van der Waals surface area contributed by atoms with Gasteiger partial charge in [-0.3, -0.25) is 4.98 Å². The van der Waals surface area contributed by atoms with Gasteiger partial charge in [-0.15, -0.1) is 0 Å². The number of hydrogen-bond acceptors (Lipinski definition) is 5. The van der Waals surface area contributed by atoms with Gasteiger partial charge in [0.15, 0.2) is 5.82 Å². The van der Waals surface area contributed by atoms with Gasteiger partial charge in [-0.05, 0) is 25.6 Å². The van der Waals surface area contributed by atoms with Gasteiger partial charge in [0.1, 0.15) is 0 Å². The summed E-state index contributed by atoms with van der Waals surface area (Å²) in [7, 11) is 0. The molecular formula is C15H16N4O. The first-order valence-corrected chi connectivity index (χ1v) is 6.68. The molecule has 5 nitrogen and oxygen atoms in total. The Bertz CT molecular complexity index is 736. The molecule has 0 aliphatic heterocycles. The molecule has 0 fully saturated rings. The maximum absolute atomic E-state index is 5.38. The Morgan fingerprint density at radius 2 is 2.05 bits per heavy atom. The summed E-state index contributed by atoms with van der Waals surface area (Å²) in [6.45, 7) is 5.50. The number of aryl methyl sites for hydroxylation is 1. The Kier molecular flexibility index (Phi) is 3.43. The van der Waals surface area contributed by atoms with E-state index < -0.39 is 0 Å². The van der Waals surface area contributed by atoms with E-state index in [1.165, 1.54) is 0 Å². The predicted molar refractivity (Wildman–Crippen MR) is 77.2 cm³/mol. The molecule has 0 amide bonds. The Morgan fingerprint density at radius 1 is 1.20 bits per heavy atom. The lowest BCUT2D eigenvalue weighted by molar-refractivity contribution is 0.420. The second-order valence-electron chi connectivity index (χ2n) is 4.62. The highest BCUT2D eigenvalue weighted by Crippen LogP contribution is 2.27. The van der Waals surface area contributed by atoms with E-state index >= 15 is 0 Å². The van der Waals surface area contributed by atoms with Gasteiger partial charge in [0.25, 0.3) is 5.89 Å². The van der Waals surface area contributed by atoms with Gasteiger partial charge >= 0.3 is 0 Å². The molecule has 0 aliphatic rings. The van der Waals surface area contributed by atoms with E-state index in [2.05, 4.69) is 20.4 Å². The van der Waals surface area contributed by atoms with Crippen molar-refractivity contribution in [1.82, 2.24) is 20.4 Å². The van der Waals surface area contributed by atoms with Crippen molar-refractivity contribution in [3.8, 4) is 11.5 Å². The largest absolute Gasteiger partial charge is 0.334 e. The first kappa shape index (κ1) is 12.7. The van der Waals surface area contributed by atoms with Crippen molar-refractivity contribution >= 4 is 10.9 Å². The third kappa shape index (κ3) is 2.40. The number of rotatable bonds is 4. The van der Waals surface area contributed by atoms with Crippen LogP contribution in [-0.2, 0) is 6.54 Å². The van der Waals surface area contributed by atoms with Gasteiger partial charge in [0.2, 0.25) is 0 Å². The summed E-state index contributed by atoms with van der Waals surface area (Å²) >= 11 is 0. The maximum atomic E-state index is 5.38. The predicted octanol–water partition coefficient (Wildman–Crippen LogP) is 2.70. The lowest BCUT2D eigenvalue weighted by Crippen LogP contribution is -2.12. The van der Waals surface area contributed by atoms with Crippen LogP contribution in [0, 0.1) is 6.92 Å². The van der Waals surface area contributed by atoms with Crippen LogP contribution < -0.4 is 5.32 Å². The molecule has 102 valence electrons. The monoisotopic (exact) mass is 268 g/mol. The minimum atomic E-state index is 0.541. The van der Waals surface area contributed by atoms with Crippen LogP contribution in [0.3, 0.4) is 0 Å². The van der Waals surface area contributed by atoms with Gasteiger partial charge in [-0.1, -0.05) is 30.3 Å². The van der Waals surface area contributed by atoms with Gasteiger partial charge in [0, 0.05) is 11.1 Å². The van der Waals surface area contributed by atoms with E-state index in [0.717, 1.165) is 28.7 Å². The van der Waals surface area contributed by atoms with E-state index in [-0.39, 0.29) is 0 Å². The molecule has 0 radical (unpaired) electrons. The van der Waals surface area contributed by atoms with E-state index in [4.69, 9.17) is 4.52 Å². The minimum Gasteiger partial charge on any atom is -0.334 e. The van der Waals surface area contributed by atoms with Crippen molar-refractivity contribution in [2.75, 3.05) is 6.54 Å². The molecule has 2 aromatic heterocycles. The summed E-state index contributed by atoms with van der Waals surface area (Å²) in [5.74, 6) is 1.21. The number of pyridine rings is 1. The summed E-state index contributed by atoms with van der Waals surface area (Å²) in [6.07, 6.45) is 0. The average molecular weight is 268 g/mol. The standard InChI is InChI=1S/C15H16N4O/c1-3-16-9-14-18-15(20-19-14)12-8-10(2)17-13-7-5-4-6-11(12)13/h4-8,16H,3,9H2,1-2H3. The summed E-state index contributed by atoms with van der Waals surface area (Å²) in [4.78, 5) is 8.96. The maximum Gasteiger partial charge on any atom is 0.258 e. The molecule has 0 unspecified atom stereocenters. The molecule has 2 heterocycles. The fraction of sp³-hybridized carbons (Fsp3) is 0.267. The molecule has 20 heavy (non-hydrogen) atoms. The fourth-order valence-electron chi connectivity index (χ4n) is 2.16. The van der Waals surface area contributed by atoms with Crippen LogP contribution in [0.2, 0.25) is 0 Å². The van der Waals surface area contributed by atoms with Crippen molar-refractivity contribution in [1.29, 1.82) is 0 Å². The molecule has 0 spiro atoms. The van der Waals surface area contributed by atoms with Crippen LogP contribution in [0.1, 0.15) is 18.4 Å². The smallest absolute Gasteiger partial charge is 0.258 e. The van der Waals surface area contributed by atoms with Crippen molar-refractivity contribution in [3.63, 3.8) is 0 Å². The number of benzene rings is 1. The normalized spacial score (nSPS) is 11.1. The SMILES string of the molecule is CCNCc1noc(-c2cc(C)nc3ccccc23)n1. The van der Waals surface area contributed by atoms with Crippen LogP contribution in [0.25, 0.3) is 22.4 Å². The number of nitrogens with one attached hydrogen (secondary N) is 1. The van der Waals surface area contributed by atoms with Gasteiger partial charge in [0.05, 0.1) is 17.6 Å². The van der Waals surface area contributed by atoms with E-state index in [1.54, 1.807) is 0 Å². The van der Waals surface area contributed by atoms with Crippen molar-refractivity contribution in [2.24, 2.45) is 0 Å². The minimum absolute atomic E-state index is 0.541. The fourth-order valence-corrected chi connectivity index (χ4v) is 2.16. The molecule has 0 saturated heterocycles. The second kappa shape index (κ2) is 5.38. The average Bonchev–Trinajstić information content (AvgIpc) is 2.93. The van der Waals surface area contributed by atoms with Crippen molar-refractivity contribution in [3.05, 3.63) is 41.9 Å². The van der Waals surface area contributed by atoms with Crippen molar-refractivity contribution in [2.45, 2.75) is 20.4 Å². The third-order valence-electron chi connectivity index (χ3n) is 3.08. The molecule has 0 atom stereocenters. The summed E-state index contributed by atoms with van der Waals surface area (Å²) in [5, 5.41) is 8.20. The Labute approximate surface area is 117 Å². The zero-order valence-corrected chi connectivity index (χ0v) is 11.6. The number of hydrogen-bond donors (Lipinski definition) is 1. The van der Waals surface area contributed by atoms with E-state index in [0.29, 0.717) is 18.3 Å². The molecule has 1 N–H and O–H groups in total. The number of nitrogens with zero attached hydrogens (tertiary/aromatic N) is 3. The van der Waals surface area contributed by atoms with Crippen LogP contribution in [0.5, 0.6) is 0 Å². The first-order chi connectivity index (χ1) is 9.78. The topological polar surface area (TPSA) is 63.8 Å². The Hall–Kier alpha value is -2.27. The highest BCUT2D eigenvalue weighted by molar-refractivity contribution is 5.92. The lowest BCUT2D eigenvalue weighted by Gasteiger charge is -2.03. The second-order valence-corrected chi connectivity index (χ2v) is 4.62. The van der Waals surface area contributed by atoms with Crippen molar-refractivity contribution < 1.29 is 4.52 Å².